The van der Waals surface area contributed by atoms with Gasteiger partial charge in [0.25, 0.3) is 0 Å². The van der Waals surface area contributed by atoms with Crippen LogP contribution in [-0.4, -0.2) is 30.1 Å². The molecule has 1 radical (unpaired) electrons. The Balaban J connectivity index is 2.12. The molecule has 0 atom stereocenters. The van der Waals surface area contributed by atoms with Crippen LogP contribution in [-0.2, 0) is 8.85 Å². The lowest BCUT2D eigenvalue weighted by Crippen LogP contribution is -2.18. The fourth-order valence-corrected chi connectivity index (χ4v) is 2.57. The summed E-state index contributed by atoms with van der Waals surface area (Å²) in [6.07, 6.45) is 2.05. The van der Waals surface area contributed by atoms with Gasteiger partial charge in [0.15, 0.2) is 0 Å². The minimum atomic E-state index is -1.05. The van der Waals surface area contributed by atoms with Crippen LogP contribution >= 0.6 is 0 Å². The van der Waals surface area contributed by atoms with E-state index in [-0.39, 0.29) is 0 Å². The summed E-state index contributed by atoms with van der Waals surface area (Å²) < 4.78 is 16.0. The van der Waals surface area contributed by atoms with Gasteiger partial charge in [-0.2, -0.15) is 0 Å². The second kappa shape index (κ2) is 8.11. The third kappa shape index (κ3) is 5.72. The molecule has 17 heavy (non-hydrogen) atoms. The topological polar surface area (TPSA) is 53.7 Å². The highest BCUT2D eigenvalue weighted by atomic mass is 28.3. The molecule has 0 bridgehead atoms. The van der Waals surface area contributed by atoms with Crippen LogP contribution < -0.4 is 10.5 Å². The van der Waals surface area contributed by atoms with E-state index in [0.717, 1.165) is 30.3 Å². The highest BCUT2D eigenvalue weighted by Gasteiger charge is 2.10. The van der Waals surface area contributed by atoms with E-state index in [1.54, 1.807) is 14.2 Å². The van der Waals surface area contributed by atoms with E-state index in [4.69, 9.17) is 19.3 Å². The minimum absolute atomic E-state index is 0.700. The van der Waals surface area contributed by atoms with Crippen molar-refractivity contribution in [2.75, 3.05) is 26.6 Å². The normalized spacial score (nSPS) is 10.8. The number of nitrogen functional groups attached to an aromatic ring is 1. The summed E-state index contributed by atoms with van der Waals surface area (Å²) in [5, 5.41) is 0. The maximum absolute atomic E-state index is 5.66. The van der Waals surface area contributed by atoms with E-state index in [9.17, 15) is 0 Å². The quantitative estimate of drug-likeness (QED) is 0.439. The fourth-order valence-electron chi connectivity index (χ4n) is 1.45. The van der Waals surface area contributed by atoms with Gasteiger partial charge in [-0.15, -0.1) is 0 Å². The largest absolute Gasteiger partial charge is 0.494 e. The maximum Gasteiger partial charge on any atom is 0.384 e. The van der Waals surface area contributed by atoms with Gasteiger partial charge < -0.3 is 19.3 Å². The first-order valence-electron chi connectivity index (χ1n) is 5.68. The number of unbranched alkanes of at least 4 members (excludes halogenated alkanes) is 1. The highest BCUT2D eigenvalue weighted by molar-refractivity contribution is 6.44. The Morgan fingerprint density at radius 3 is 2.59 bits per heavy atom. The number of benzene rings is 1. The first-order valence-corrected chi connectivity index (χ1v) is 7.20. The number of rotatable bonds is 8. The van der Waals surface area contributed by atoms with Gasteiger partial charge in [-0.1, -0.05) is 6.07 Å². The number of hydrogen-bond donors (Lipinski definition) is 1. The Kier molecular flexibility index (Phi) is 6.69. The molecule has 0 aliphatic carbocycles. The van der Waals surface area contributed by atoms with Crippen LogP contribution in [0.4, 0.5) is 5.69 Å². The van der Waals surface area contributed by atoms with E-state index in [1.165, 1.54) is 0 Å². The lowest BCUT2D eigenvalue weighted by molar-refractivity contribution is 0.271. The molecule has 0 saturated heterocycles. The summed E-state index contributed by atoms with van der Waals surface area (Å²) in [6, 6.07) is 8.47. The minimum Gasteiger partial charge on any atom is -0.494 e. The molecular weight excluding hydrogens is 234 g/mol. The molecule has 95 valence electrons. The van der Waals surface area contributed by atoms with E-state index in [2.05, 4.69) is 0 Å². The van der Waals surface area contributed by atoms with E-state index in [1.807, 2.05) is 24.3 Å². The lowest BCUT2D eigenvalue weighted by Gasteiger charge is -2.09. The molecule has 0 unspecified atom stereocenters. The standard InChI is InChI=1S/C12H20NO3Si/c1-14-17(15-2)9-4-3-8-16-12-7-5-6-11(13)10-12/h5-7,10H,3-4,8-9,13H2,1-2H3. The highest BCUT2D eigenvalue weighted by Crippen LogP contribution is 2.15. The fraction of sp³-hybridized carbons (Fsp3) is 0.500. The average Bonchev–Trinajstić information content (AvgIpc) is 2.34. The van der Waals surface area contributed by atoms with Crippen LogP contribution in [0.3, 0.4) is 0 Å². The Labute approximate surface area is 105 Å². The smallest absolute Gasteiger partial charge is 0.384 e. The summed E-state index contributed by atoms with van der Waals surface area (Å²) >= 11 is 0. The van der Waals surface area contributed by atoms with Gasteiger partial charge in [-0.05, 0) is 31.0 Å². The Morgan fingerprint density at radius 1 is 1.18 bits per heavy atom. The molecule has 0 heterocycles. The maximum atomic E-state index is 5.66. The lowest BCUT2D eigenvalue weighted by atomic mass is 10.3. The zero-order chi connectivity index (χ0) is 12.5. The summed E-state index contributed by atoms with van der Waals surface area (Å²) in [6.45, 7) is 0.700. The second-order valence-electron chi connectivity index (χ2n) is 3.66. The molecule has 1 aromatic rings. The molecule has 0 aliphatic heterocycles. The SMILES string of the molecule is CO[Si](CCCCOc1cccc(N)c1)OC. The summed E-state index contributed by atoms with van der Waals surface area (Å²) in [5.41, 5.74) is 6.38. The van der Waals surface area contributed by atoms with Crippen molar-refractivity contribution in [1.82, 2.24) is 0 Å². The molecule has 1 aromatic carbocycles. The van der Waals surface area contributed by atoms with Crippen molar-refractivity contribution in [1.29, 1.82) is 0 Å². The van der Waals surface area contributed by atoms with Crippen molar-refractivity contribution < 1.29 is 13.6 Å². The van der Waals surface area contributed by atoms with Crippen molar-refractivity contribution in [3.05, 3.63) is 24.3 Å². The predicted octanol–water partition coefficient (Wildman–Crippen LogP) is 2.21. The summed E-state index contributed by atoms with van der Waals surface area (Å²) in [4.78, 5) is 0. The zero-order valence-electron chi connectivity index (χ0n) is 10.4. The first-order chi connectivity index (χ1) is 8.26. The summed E-state index contributed by atoms with van der Waals surface area (Å²) in [5.74, 6) is 0.828. The molecule has 0 saturated carbocycles. The third-order valence-electron chi connectivity index (χ3n) is 2.36. The van der Waals surface area contributed by atoms with Crippen LogP contribution in [0.15, 0.2) is 24.3 Å². The average molecular weight is 254 g/mol. The Hall–Kier alpha value is -1.04. The van der Waals surface area contributed by atoms with Crippen molar-refractivity contribution in [2.45, 2.75) is 18.9 Å². The van der Waals surface area contributed by atoms with Gasteiger partial charge in [-0.25, -0.2) is 0 Å². The van der Waals surface area contributed by atoms with Crippen LogP contribution in [0.2, 0.25) is 6.04 Å². The molecule has 0 spiro atoms. The van der Waals surface area contributed by atoms with Gasteiger partial charge in [0.1, 0.15) is 5.75 Å². The molecule has 0 amide bonds. The van der Waals surface area contributed by atoms with Crippen molar-refractivity contribution >= 4 is 15.0 Å². The van der Waals surface area contributed by atoms with E-state index >= 15 is 0 Å². The number of nitrogens with two attached hydrogens (primary N) is 1. The Bertz CT molecular complexity index is 318. The van der Waals surface area contributed by atoms with Crippen molar-refractivity contribution in [3.8, 4) is 5.75 Å². The van der Waals surface area contributed by atoms with E-state index < -0.39 is 9.28 Å². The number of ether oxygens (including phenoxy) is 1. The molecular formula is C12H20NO3Si. The molecule has 0 aliphatic rings. The van der Waals surface area contributed by atoms with Crippen LogP contribution in [0.25, 0.3) is 0 Å². The predicted molar refractivity (Wildman–Crippen MR) is 70.2 cm³/mol. The first kappa shape index (κ1) is 14.0. The molecule has 5 heteroatoms. The second-order valence-corrected chi connectivity index (χ2v) is 5.72. The molecule has 1 rings (SSSR count). The third-order valence-corrected chi connectivity index (χ3v) is 4.03. The zero-order valence-corrected chi connectivity index (χ0v) is 11.4. The van der Waals surface area contributed by atoms with Crippen LogP contribution in [0, 0.1) is 0 Å². The number of anilines is 1. The molecule has 0 aromatic heterocycles. The van der Waals surface area contributed by atoms with Crippen molar-refractivity contribution in [2.24, 2.45) is 0 Å². The van der Waals surface area contributed by atoms with Gasteiger partial charge in [0.05, 0.1) is 6.61 Å². The van der Waals surface area contributed by atoms with Crippen LogP contribution in [0.1, 0.15) is 12.8 Å². The monoisotopic (exact) mass is 254 g/mol. The van der Waals surface area contributed by atoms with Gasteiger partial charge in [-0.3, -0.25) is 0 Å². The molecule has 4 nitrogen and oxygen atoms in total. The molecule has 2 N–H and O–H groups in total. The van der Waals surface area contributed by atoms with E-state index in [0.29, 0.717) is 6.61 Å². The van der Waals surface area contributed by atoms with Crippen LogP contribution in [0.5, 0.6) is 5.75 Å². The Morgan fingerprint density at radius 2 is 1.94 bits per heavy atom. The number of hydrogen-bond acceptors (Lipinski definition) is 4. The van der Waals surface area contributed by atoms with Gasteiger partial charge in [0.2, 0.25) is 0 Å². The summed E-state index contributed by atoms with van der Waals surface area (Å²) in [7, 11) is 2.34. The van der Waals surface area contributed by atoms with Gasteiger partial charge in [0, 0.05) is 26.0 Å². The van der Waals surface area contributed by atoms with Crippen molar-refractivity contribution in [3.63, 3.8) is 0 Å². The van der Waals surface area contributed by atoms with Gasteiger partial charge >= 0.3 is 9.28 Å². The molecule has 0 fully saturated rings.